The number of anilines is 1. The van der Waals surface area contributed by atoms with E-state index in [0.717, 1.165) is 5.69 Å². The summed E-state index contributed by atoms with van der Waals surface area (Å²) in [6, 6.07) is 8.96. The molecular weight excluding hydrogens is 396 g/mol. The Kier molecular flexibility index (Phi) is 5.83. The van der Waals surface area contributed by atoms with Crippen molar-refractivity contribution in [3.8, 4) is 0 Å². The number of hydrogen-bond donors (Lipinski definition) is 1. The summed E-state index contributed by atoms with van der Waals surface area (Å²) >= 11 is 0. The van der Waals surface area contributed by atoms with Crippen LogP contribution in [-0.2, 0) is 16.6 Å². The number of piperidine rings is 1. The molecule has 162 valence electrons. The van der Waals surface area contributed by atoms with E-state index in [0.29, 0.717) is 43.6 Å². The van der Waals surface area contributed by atoms with E-state index in [1.54, 1.807) is 27.8 Å². The monoisotopic (exact) mass is 422 g/mol. The molecule has 2 aliphatic rings. The molecule has 2 aliphatic heterocycles. The number of likely N-dealkylation sites (tertiary alicyclic amines) is 1. The number of carbonyl (C=O) groups excluding carboxylic acids is 3. The zero-order chi connectivity index (χ0) is 22.0. The highest BCUT2D eigenvalue weighted by atomic mass is 16.2. The fourth-order valence-electron chi connectivity index (χ4n) is 3.99. The standard InChI is InChI=1S/C22H26N6O3/c1-15(29)20-12-19(25-28(20)18-6-4-3-5-7-18)22(31)27-10-8-17(9-11-27)24-21(30)16-13-23-26(2)14-16/h3-7,13-14,17,20H,8-12H2,1-2H3,(H,24,30). The highest BCUT2D eigenvalue weighted by molar-refractivity contribution is 6.40. The van der Waals surface area contributed by atoms with Gasteiger partial charge in [0, 0.05) is 38.8 Å². The molecule has 1 aromatic carbocycles. The molecule has 9 nitrogen and oxygen atoms in total. The molecule has 1 saturated heterocycles. The number of hydrogen-bond acceptors (Lipinski definition) is 6. The number of rotatable bonds is 5. The molecule has 3 heterocycles. The molecular formula is C22H26N6O3. The average molecular weight is 422 g/mol. The Hall–Kier alpha value is -3.49. The summed E-state index contributed by atoms with van der Waals surface area (Å²) in [5, 5.41) is 13.2. The minimum absolute atomic E-state index is 0.00746. The minimum atomic E-state index is -0.461. The number of nitrogens with zero attached hydrogens (tertiary/aromatic N) is 5. The van der Waals surface area contributed by atoms with Crippen molar-refractivity contribution in [2.24, 2.45) is 12.1 Å². The smallest absolute Gasteiger partial charge is 0.270 e. The number of aryl methyl sites for hydroxylation is 1. The molecule has 4 rings (SSSR count). The molecule has 1 aromatic heterocycles. The fourth-order valence-corrected chi connectivity index (χ4v) is 3.99. The van der Waals surface area contributed by atoms with Gasteiger partial charge in [-0.25, -0.2) is 0 Å². The Bertz CT molecular complexity index is 1010. The van der Waals surface area contributed by atoms with Gasteiger partial charge in [-0.15, -0.1) is 0 Å². The van der Waals surface area contributed by atoms with Gasteiger partial charge < -0.3 is 10.2 Å². The summed E-state index contributed by atoms with van der Waals surface area (Å²) in [5.41, 5.74) is 1.72. The van der Waals surface area contributed by atoms with Gasteiger partial charge in [0.2, 0.25) is 0 Å². The summed E-state index contributed by atoms with van der Waals surface area (Å²) in [7, 11) is 1.77. The van der Waals surface area contributed by atoms with Crippen molar-refractivity contribution in [1.82, 2.24) is 20.0 Å². The lowest BCUT2D eigenvalue weighted by Crippen LogP contribution is -2.48. The Labute approximate surface area is 180 Å². The Balaban J connectivity index is 1.37. The lowest BCUT2D eigenvalue weighted by atomic mass is 10.0. The fraction of sp³-hybridized carbons (Fsp3) is 0.409. The number of ketones is 1. The van der Waals surface area contributed by atoms with Gasteiger partial charge in [0.25, 0.3) is 11.8 Å². The predicted molar refractivity (Wildman–Crippen MR) is 116 cm³/mol. The van der Waals surface area contributed by atoms with Crippen molar-refractivity contribution >= 4 is 29.0 Å². The van der Waals surface area contributed by atoms with Gasteiger partial charge in [0.15, 0.2) is 5.78 Å². The molecule has 0 aliphatic carbocycles. The van der Waals surface area contributed by atoms with Gasteiger partial charge in [-0.3, -0.25) is 24.1 Å². The third-order valence-corrected chi connectivity index (χ3v) is 5.73. The maximum Gasteiger partial charge on any atom is 0.270 e. The highest BCUT2D eigenvalue weighted by Gasteiger charge is 2.36. The molecule has 0 bridgehead atoms. The van der Waals surface area contributed by atoms with Crippen LogP contribution in [0.4, 0.5) is 5.69 Å². The van der Waals surface area contributed by atoms with E-state index in [1.807, 2.05) is 30.3 Å². The van der Waals surface area contributed by atoms with Crippen molar-refractivity contribution in [3.05, 3.63) is 48.3 Å². The van der Waals surface area contributed by atoms with Crippen molar-refractivity contribution < 1.29 is 14.4 Å². The molecule has 0 radical (unpaired) electrons. The number of aromatic nitrogens is 2. The first-order valence-electron chi connectivity index (χ1n) is 10.4. The number of hydrazone groups is 1. The van der Waals surface area contributed by atoms with E-state index < -0.39 is 6.04 Å². The van der Waals surface area contributed by atoms with Crippen LogP contribution in [0.2, 0.25) is 0 Å². The minimum Gasteiger partial charge on any atom is -0.349 e. The van der Waals surface area contributed by atoms with Crippen molar-refractivity contribution in [2.75, 3.05) is 18.1 Å². The van der Waals surface area contributed by atoms with Gasteiger partial charge in [-0.1, -0.05) is 18.2 Å². The van der Waals surface area contributed by atoms with E-state index in [1.165, 1.54) is 13.1 Å². The van der Waals surface area contributed by atoms with Crippen LogP contribution in [0.25, 0.3) is 0 Å². The summed E-state index contributed by atoms with van der Waals surface area (Å²) in [4.78, 5) is 39.3. The maximum atomic E-state index is 13.1. The third-order valence-electron chi connectivity index (χ3n) is 5.73. The third kappa shape index (κ3) is 4.50. The molecule has 2 amide bonds. The predicted octanol–water partition coefficient (Wildman–Crippen LogP) is 1.36. The number of nitrogens with one attached hydrogen (secondary N) is 1. The Morgan fingerprint density at radius 2 is 1.81 bits per heavy atom. The Morgan fingerprint density at radius 1 is 1.10 bits per heavy atom. The van der Waals surface area contributed by atoms with Crippen molar-refractivity contribution in [2.45, 2.75) is 38.3 Å². The molecule has 2 aromatic rings. The summed E-state index contributed by atoms with van der Waals surface area (Å²) in [5.74, 6) is -0.310. The van der Waals surface area contributed by atoms with Gasteiger partial charge in [0.05, 0.1) is 17.4 Å². The van der Waals surface area contributed by atoms with Gasteiger partial charge >= 0.3 is 0 Å². The zero-order valence-electron chi connectivity index (χ0n) is 17.7. The quantitative estimate of drug-likeness (QED) is 0.784. The number of benzene rings is 1. The molecule has 1 unspecified atom stereocenters. The molecule has 0 spiro atoms. The highest BCUT2D eigenvalue weighted by Crippen LogP contribution is 2.26. The van der Waals surface area contributed by atoms with Crippen LogP contribution in [0.1, 0.15) is 36.5 Å². The van der Waals surface area contributed by atoms with E-state index in [4.69, 9.17) is 0 Å². The van der Waals surface area contributed by atoms with Gasteiger partial charge in [-0.05, 0) is 31.9 Å². The topological polar surface area (TPSA) is 99.9 Å². The largest absolute Gasteiger partial charge is 0.349 e. The summed E-state index contributed by atoms with van der Waals surface area (Å²) in [6.07, 6.45) is 4.86. The van der Waals surface area contributed by atoms with Crippen LogP contribution >= 0.6 is 0 Å². The van der Waals surface area contributed by atoms with Crippen LogP contribution in [0.3, 0.4) is 0 Å². The van der Waals surface area contributed by atoms with Crippen molar-refractivity contribution in [1.29, 1.82) is 0 Å². The average Bonchev–Trinajstić information content (AvgIpc) is 3.41. The van der Waals surface area contributed by atoms with Crippen LogP contribution in [0.15, 0.2) is 47.8 Å². The van der Waals surface area contributed by atoms with E-state index in [9.17, 15) is 14.4 Å². The molecule has 9 heteroatoms. The van der Waals surface area contributed by atoms with Crippen LogP contribution < -0.4 is 10.3 Å². The zero-order valence-corrected chi connectivity index (χ0v) is 17.7. The molecule has 1 atom stereocenters. The lowest BCUT2D eigenvalue weighted by molar-refractivity contribution is -0.125. The number of Topliss-reactive ketones (excluding diaryl/α,β-unsaturated/α-hetero) is 1. The van der Waals surface area contributed by atoms with E-state index in [-0.39, 0.29) is 23.6 Å². The lowest BCUT2D eigenvalue weighted by Gasteiger charge is -2.32. The van der Waals surface area contributed by atoms with Crippen LogP contribution in [-0.4, -0.2) is 63.2 Å². The van der Waals surface area contributed by atoms with E-state index >= 15 is 0 Å². The normalized spacial score (nSPS) is 19.3. The molecule has 1 fully saturated rings. The number of carbonyl (C=O) groups is 3. The second-order valence-electron chi connectivity index (χ2n) is 8.00. The van der Waals surface area contributed by atoms with Crippen LogP contribution in [0, 0.1) is 0 Å². The van der Waals surface area contributed by atoms with Gasteiger partial charge in [0.1, 0.15) is 11.8 Å². The van der Waals surface area contributed by atoms with E-state index in [2.05, 4.69) is 15.5 Å². The first-order valence-corrected chi connectivity index (χ1v) is 10.4. The maximum absolute atomic E-state index is 13.1. The second-order valence-corrected chi connectivity index (χ2v) is 8.00. The SMILES string of the molecule is CC(=O)C1CC(C(=O)N2CCC(NC(=O)c3cnn(C)c3)CC2)=NN1c1ccccc1. The van der Waals surface area contributed by atoms with Gasteiger partial charge in [-0.2, -0.15) is 10.2 Å². The second kappa shape index (κ2) is 8.71. The first-order chi connectivity index (χ1) is 14.9. The van der Waals surface area contributed by atoms with Crippen molar-refractivity contribution in [3.63, 3.8) is 0 Å². The molecule has 31 heavy (non-hydrogen) atoms. The Morgan fingerprint density at radius 3 is 2.42 bits per heavy atom. The molecule has 0 saturated carbocycles. The molecule has 1 N–H and O–H groups in total. The number of amides is 2. The summed E-state index contributed by atoms with van der Waals surface area (Å²) in [6.45, 7) is 2.60. The first kappa shape index (κ1) is 20.8. The van der Waals surface area contributed by atoms with Crippen LogP contribution in [0.5, 0.6) is 0 Å². The number of para-hydroxylation sites is 1. The summed E-state index contributed by atoms with van der Waals surface area (Å²) < 4.78 is 1.59.